The number of ether oxygens (including phenoxy) is 1. The van der Waals surface area contributed by atoms with E-state index < -0.39 is 15.7 Å². The molecule has 0 saturated heterocycles. The van der Waals surface area contributed by atoms with Crippen molar-refractivity contribution >= 4 is 15.5 Å². The third-order valence-electron chi connectivity index (χ3n) is 2.05. The molecule has 0 aliphatic rings. The van der Waals surface area contributed by atoms with Gasteiger partial charge in [0.25, 0.3) is 0 Å². The van der Waals surface area contributed by atoms with Crippen LogP contribution < -0.4 is 5.73 Å². The summed E-state index contributed by atoms with van der Waals surface area (Å²) in [5.74, 6) is -0.945. The molecule has 0 spiro atoms. The van der Waals surface area contributed by atoms with Crippen LogP contribution in [0.4, 0.5) is 10.1 Å². The zero-order valence-corrected chi connectivity index (χ0v) is 9.76. The van der Waals surface area contributed by atoms with Crippen molar-refractivity contribution in [1.29, 1.82) is 0 Å². The molecule has 1 rings (SSSR count). The summed E-state index contributed by atoms with van der Waals surface area (Å²) in [4.78, 5) is -0.308. The summed E-state index contributed by atoms with van der Waals surface area (Å²) in [6.45, 7) is 0.329. The molecule has 1 aromatic rings. The van der Waals surface area contributed by atoms with Gasteiger partial charge in [0.15, 0.2) is 9.84 Å². The van der Waals surface area contributed by atoms with Crippen LogP contribution >= 0.6 is 0 Å². The van der Waals surface area contributed by atoms with E-state index >= 15 is 0 Å². The van der Waals surface area contributed by atoms with Gasteiger partial charge >= 0.3 is 0 Å². The third kappa shape index (κ3) is 3.18. The first-order chi connectivity index (χ1) is 7.47. The second-order valence-corrected chi connectivity index (χ2v) is 5.43. The highest BCUT2D eigenvalue weighted by atomic mass is 32.2. The molecule has 0 heterocycles. The topological polar surface area (TPSA) is 69.4 Å². The standard InChI is InChI=1S/C10H14FNO3S/c1-15-5-2-6-16(13,14)10-4-3-8(12)7-9(10)11/h3-4,7H,2,5-6,12H2,1H3. The highest BCUT2D eigenvalue weighted by Crippen LogP contribution is 2.18. The molecular weight excluding hydrogens is 233 g/mol. The van der Waals surface area contributed by atoms with Crippen molar-refractivity contribution in [3.8, 4) is 0 Å². The Morgan fingerprint density at radius 1 is 1.44 bits per heavy atom. The molecule has 1 aromatic carbocycles. The van der Waals surface area contributed by atoms with Crippen LogP contribution in [0.3, 0.4) is 0 Å². The highest BCUT2D eigenvalue weighted by molar-refractivity contribution is 7.91. The summed E-state index contributed by atoms with van der Waals surface area (Å²) in [7, 11) is -2.11. The van der Waals surface area contributed by atoms with E-state index in [2.05, 4.69) is 0 Å². The molecule has 0 bridgehead atoms. The Bertz CT molecular complexity index is 459. The second kappa shape index (κ2) is 5.27. The smallest absolute Gasteiger partial charge is 0.181 e. The van der Waals surface area contributed by atoms with E-state index in [-0.39, 0.29) is 16.3 Å². The zero-order valence-electron chi connectivity index (χ0n) is 8.94. The lowest BCUT2D eigenvalue weighted by Gasteiger charge is -2.05. The number of sulfone groups is 1. The minimum atomic E-state index is -3.59. The fourth-order valence-electron chi connectivity index (χ4n) is 1.27. The number of rotatable bonds is 5. The Labute approximate surface area is 94.1 Å². The average molecular weight is 247 g/mol. The van der Waals surface area contributed by atoms with Crippen LogP contribution in [-0.2, 0) is 14.6 Å². The molecule has 16 heavy (non-hydrogen) atoms. The molecule has 0 amide bonds. The van der Waals surface area contributed by atoms with Crippen LogP contribution in [0.15, 0.2) is 23.1 Å². The van der Waals surface area contributed by atoms with E-state index in [1.165, 1.54) is 19.2 Å². The van der Waals surface area contributed by atoms with Crippen molar-refractivity contribution in [2.75, 3.05) is 25.2 Å². The number of nitrogens with two attached hydrogens (primary N) is 1. The van der Waals surface area contributed by atoms with Gasteiger partial charge in [-0.3, -0.25) is 0 Å². The largest absolute Gasteiger partial charge is 0.399 e. The summed E-state index contributed by atoms with van der Waals surface area (Å²) in [6, 6.07) is 3.56. The third-order valence-corrected chi connectivity index (χ3v) is 3.88. The molecule has 90 valence electrons. The van der Waals surface area contributed by atoms with Crippen LogP contribution in [0.25, 0.3) is 0 Å². The van der Waals surface area contributed by atoms with Crippen LogP contribution in [0.1, 0.15) is 6.42 Å². The van der Waals surface area contributed by atoms with Crippen molar-refractivity contribution in [3.05, 3.63) is 24.0 Å². The normalized spacial score (nSPS) is 11.6. The Kier molecular flexibility index (Phi) is 4.26. The summed E-state index contributed by atoms with van der Waals surface area (Å²) >= 11 is 0. The van der Waals surface area contributed by atoms with Gasteiger partial charge in [0.05, 0.1) is 5.75 Å². The minimum absolute atomic E-state index is 0.137. The van der Waals surface area contributed by atoms with Gasteiger partial charge in [-0.1, -0.05) is 0 Å². The van der Waals surface area contributed by atoms with Gasteiger partial charge in [0.1, 0.15) is 10.7 Å². The first-order valence-corrected chi connectivity index (χ1v) is 6.39. The van der Waals surface area contributed by atoms with Gasteiger partial charge in [-0.15, -0.1) is 0 Å². The van der Waals surface area contributed by atoms with Crippen molar-refractivity contribution in [3.63, 3.8) is 0 Å². The van der Waals surface area contributed by atoms with E-state index in [1.807, 2.05) is 0 Å². The van der Waals surface area contributed by atoms with E-state index in [1.54, 1.807) is 0 Å². The van der Waals surface area contributed by atoms with Gasteiger partial charge in [-0.25, -0.2) is 12.8 Å². The SMILES string of the molecule is COCCCS(=O)(=O)c1ccc(N)cc1F. The number of anilines is 1. The monoisotopic (exact) mass is 247 g/mol. The molecule has 0 aliphatic carbocycles. The second-order valence-electron chi connectivity index (χ2n) is 3.36. The predicted molar refractivity (Wildman–Crippen MR) is 59.4 cm³/mol. The summed E-state index contributed by atoms with van der Waals surface area (Å²) < 4.78 is 41.5. The highest BCUT2D eigenvalue weighted by Gasteiger charge is 2.18. The first kappa shape index (κ1) is 12.9. The Morgan fingerprint density at radius 2 is 2.12 bits per heavy atom. The van der Waals surface area contributed by atoms with Crippen LogP contribution in [-0.4, -0.2) is 27.9 Å². The van der Waals surface area contributed by atoms with Gasteiger partial charge in [0.2, 0.25) is 0 Å². The minimum Gasteiger partial charge on any atom is -0.399 e. The van der Waals surface area contributed by atoms with Gasteiger partial charge < -0.3 is 10.5 Å². The van der Waals surface area contributed by atoms with Crippen molar-refractivity contribution in [2.45, 2.75) is 11.3 Å². The fraction of sp³-hybridized carbons (Fsp3) is 0.400. The van der Waals surface area contributed by atoms with Gasteiger partial charge in [-0.2, -0.15) is 0 Å². The molecule has 0 atom stereocenters. The molecule has 0 aromatic heterocycles. The Balaban J connectivity index is 2.90. The number of benzene rings is 1. The summed E-state index contributed by atoms with van der Waals surface area (Å²) in [5, 5.41) is 0. The zero-order chi connectivity index (χ0) is 12.2. The first-order valence-electron chi connectivity index (χ1n) is 4.74. The molecule has 6 heteroatoms. The number of hydrogen-bond donors (Lipinski definition) is 1. The number of nitrogen functional groups attached to an aromatic ring is 1. The average Bonchev–Trinajstić information content (AvgIpc) is 2.17. The predicted octanol–water partition coefficient (Wildman–Crippen LogP) is 1.22. The molecule has 2 N–H and O–H groups in total. The molecular formula is C10H14FNO3S. The lowest BCUT2D eigenvalue weighted by molar-refractivity contribution is 0.199. The maximum absolute atomic E-state index is 13.4. The maximum atomic E-state index is 13.4. The lowest BCUT2D eigenvalue weighted by atomic mass is 10.3. The van der Waals surface area contributed by atoms with E-state index in [0.717, 1.165) is 6.07 Å². The lowest BCUT2D eigenvalue weighted by Crippen LogP contribution is -2.11. The van der Waals surface area contributed by atoms with Crippen molar-refractivity contribution < 1.29 is 17.5 Å². The maximum Gasteiger partial charge on any atom is 0.181 e. The Morgan fingerprint density at radius 3 is 2.69 bits per heavy atom. The number of hydrogen-bond acceptors (Lipinski definition) is 4. The molecule has 0 aliphatic heterocycles. The molecule has 4 nitrogen and oxygen atoms in total. The van der Waals surface area contributed by atoms with Crippen LogP contribution in [0.2, 0.25) is 0 Å². The quantitative estimate of drug-likeness (QED) is 0.627. The number of methoxy groups -OCH3 is 1. The molecule has 0 unspecified atom stereocenters. The van der Waals surface area contributed by atoms with Gasteiger partial charge in [0, 0.05) is 19.4 Å². The van der Waals surface area contributed by atoms with Crippen LogP contribution in [0, 0.1) is 5.82 Å². The molecule has 0 radical (unpaired) electrons. The number of halogens is 1. The van der Waals surface area contributed by atoms with Crippen molar-refractivity contribution in [1.82, 2.24) is 0 Å². The van der Waals surface area contributed by atoms with E-state index in [9.17, 15) is 12.8 Å². The fourth-order valence-corrected chi connectivity index (χ4v) is 2.62. The molecule has 0 saturated carbocycles. The van der Waals surface area contributed by atoms with Crippen molar-refractivity contribution in [2.24, 2.45) is 0 Å². The van der Waals surface area contributed by atoms with Gasteiger partial charge in [-0.05, 0) is 24.6 Å². The molecule has 0 fully saturated rings. The Hall–Kier alpha value is -1.14. The van der Waals surface area contributed by atoms with E-state index in [4.69, 9.17) is 10.5 Å². The van der Waals surface area contributed by atoms with E-state index in [0.29, 0.717) is 13.0 Å². The van der Waals surface area contributed by atoms with Crippen LogP contribution in [0.5, 0.6) is 0 Å². The summed E-state index contributed by atoms with van der Waals surface area (Å²) in [5.41, 5.74) is 5.54. The summed E-state index contributed by atoms with van der Waals surface area (Å²) in [6.07, 6.45) is 0.336.